The molecule has 1 nitrogen and oxygen atoms in total. The zero-order valence-corrected chi connectivity index (χ0v) is 14.0. The van der Waals surface area contributed by atoms with Crippen molar-refractivity contribution in [2.24, 2.45) is 11.3 Å². The van der Waals surface area contributed by atoms with Crippen LogP contribution in [0.2, 0.25) is 0 Å². The van der Waals surface area contributed by atoms with Crippen LogP contribution in [0.4, 0.5) is 0 Å². The zero-order chi connectivity index (χ0) is 14.0. The average Bonchev–Trinajstić information content (AvgIpc) is 2.78. The van der Waals surface area contributed by atoms with Gasteiger partial charge in [0.25, 0.3) is 0 Å². The Morgan fingerprint density at radius 1 is 1.42 bits per heavy atom. The third-order valence-corrected chi connectivity index (χ3v) is 6.06. The van der Waals surface area contributed by atoms with E-state index in [1.165, 1.54) is 25.7 Å². The first-order chi connectivity index (χ1) is 8.94. The monoisotopic (exact) mass is 279 g/mol. The Morgan fingerprint density at radius 3 is 2.79 bits per heavy atom. The summed E-state index contributed by atoms with van der Waals surface area (Å²) >= 11 is 1.99. The molecule has 0 amide bonds. The van der Waals surface area contributed by atoms with Gasteiger partial charge in [0.15, 0.2) is 0 Å². The lowest BCUT2D eigenvalue weighted by Gasteiger charge is -2.36. The van der Waals surface area contributed by atoms with Crippen LogP contribution >= 0.6 is 11.3 Å². The Hall–Kier alpha value is -0.340. The maximum atomic E-state index is 3.56. The van der Waals surface area contributed by atoms with Crippen LogP contribution in [0.3, 0.4) is 0 Å². The molecule has 19 heavy (non-hydrogen) atoms. The van der Waals surface area contributed by atoms with Crippen molar-refractivity contribution in [2.75, 3.05) is 0 Å². The highest BCUT2D eigenvalue weighted by Crippen LogP contribution is 2.42. The molecule has 0 aromatic carbocycles. The fraction of sp³-hybridized carbons (Fsp3) is 0.765. The number of hydrogen-bond donors (Lipinski definition) is 1. The lowest BCUT2D eigenvalue weighted by atomic mass is 9.69. The molecule has 1 unspecified atom stereocenters. The Labute approximate surface area is 122 Å². The Balaban J connectivity index is 2.07. The van der Waals surface area contributed by atoms with Gasteiger partial charge < -0.3 is 5.32 Å². The molecule has 108 valence electrons. The number of hydrogen-bond acceptors (Lipinski definition) is 2. The molecule has 1 heterocycles. The minimum Gasteiger partial charge on any atom is -0.310 e. The molecule has 0 fully saturated rings. The minimum absolute atomic E-state index is 0.498. The van der Waals surface area contributed by atoms with E-state index < -0.39 is 0 Å². The van der Waals surface area contributed by atoms with Gasteiger partial charge in [-0.05, 0) is 47.1 Å². The molecule has 2 heteroatoms. The van der Waals surface area contributed by atoms with Gasteiger partial charge in [-0.2, -0.15) is 0 Å². The van der Waals surface area contributed by atoms with E-state index in [-0.39, 0.29) is 0 Å². The molecule has 1 N–H and O–H groups in total. The van der Waals surface area contributed by atoms with Gasteiger partial charge in [-0.25, -0.2) is 0 Å². The quantitative estimate of drug-likeness (QED) is 0.817. The lowest BCUT2D eigenvalue weighted by Crippen LogP contribution is -2.29. The molecular formula is C17H29NS. The zero-order valence-electron chi connectivity index (χ0n) is 13.2. The van der Waals surface area contributed by atoms with Gasteiger partial charge in [-0.15, -0.1) is 11.3 Å². The summed E-state index contributed by atoms with van der Waals surface area (Å²) in [5.74, 6) is 0.870. The summed E-state index contributed by atoms with van der Waals surface area (Å²) in [6.07, 6.45) is 5.27. The van der Waals surface area contributed by atoms with Crippen LogP contribution in [-0.2, 0) is 19.4 Å². The molecule has 1 aliphatic rings. The fourth-order valence-electron chi connectivity index (χ4n) is 3.00. The molecule has 1 atom stereocenters. The summed E-state index contributed by atoms with van der Waals surface area (Å²) in [6.45, 7) is 12.7. The Morgan fingerprint density at radius 2 is 2.16 bits per heavy atom. The second-order valence-corrected chi connectivity index (χ2v) is 7.94. The van der Waals surface area contributed by atoms with E-state index in [1.807, 2.05) is 11.3 Å². The van der Waals surface area contributed by atoms with Crippen LogP contribution in [0, 0.1) is 11.3 Å². The molecule has 0 radical (unpaired) electrons. The Kier molecular flexibility index (Phi) is 4.73. The van der Waals surface area contributed by atoms with Crippen molar-refractivity contribution in [3.8, 4) is 0 Å². The van der Waals surface area contributed by atoms with E-state index in [0.717, 1.165) is 12.5 Å². The van der Waals surface area contributed by atoms with E-state index in [9.17, 15) is 0 Å². The van der Waals surface area contributed by atoms with Crippen LogP contribution in [0.15, 0.2) is 5.38 Å². The maximum absolute atomic E-state index is 3.56. The molecule has 2 rings (SSSR count). The van der Waals surface area contributed by atoms with Crippen molar-refractivity contribution in [1.82, 2.24) is 5.32 Å². The number of nitrogens with one attached hydrogen (secondary N) is 1. The summed E-state index contributed by atoms with van der Waals surface area (Å²) in [6, 6.07) is 0.575. The average molecular weight is 279 g/mol. The maximum Gasteiger partial charge on any atom is 0.0218 e. The summed E-state index contributed by atoms with van der Waals surface area (Å²) in [5.41, 5.74) is 3.72. The van der Waals surface area contributed by atoms with Gasteiger partial charge in [-0.1, -0.05) is 41.0 Å². The highest BCUT2D eigenvalue weighted by molar-refractivity contribution is 7.10. The number of fused-ring (bicyclic) bond motifs is 1. The molecule has 0 saturated carbocycles. The molecule has 1 aliphatic carbocycles. The first-order valence-corrected chi connectivity index (χ1v) is 8.63. The van der Waals surface area contributed by atoms with Crippen LogP contribution in [0.1, 0.15) is 63.5 Å². The predicted octanol–water partition coefficient (Wildman–Crippen LogP) is 4.79. The smallest absolute Gasteiger partial charge is 0.0218 e. The summed E-state index contributed by atoms with van der Waals surface area (Å²) in [5, 5.41) is 5.95. The molecule has 0 aliphatic heterocycles. The summed E-state index contributed by atoms with van der Waals surface area (Å²) in [4.78, 5) is 1.67. The second kappa shape index (κ2) is 5.97. The predicted molar refractivity (Wildman–Crippen MR) is 85.9 cm³/mol. The summed E-state index contributed by atoms with van der Waals surface area (Å²) < 4.78 is 0. The number of rotatable bonds is 5. The van der Waals surface area contributed by atoms with E-state index in [1.54, 1.807) is 16.0 Å². The fourth-order valence-corrected chi connectivity index (χ4v) is 4.18. The van der Waals surface area contributed by atoms with Gasteiger partial charge in [0, 0.05) is 17.5 Å². The second-order valence-electron chi connectivity index (χ2n) is 6.98. The highest BCUT2D eigenvalue weighted by Gasteiger charge is 2.32. The lowest BCUT2D eigenvalue weighted by molar-refractivity contribution is 0.184. The van der Waals surface area contributed by atoms with Crippen molar-refractivity contribution in [1.29, 1.82) is 0 Å². The molecule has 1 aromatic heterocycles. The first kappa shape index (κ1) is 15.1. The van der Waals surface area contributed by atoms with Crippen LogP contribution in [0.5, 0.6) is 0 Å². The third-order valence-electron chi connectivity index (χ3n) is 4.96. The number of thiophene rings is 1. The van der Waals surface area contributed by atoms with Crippen molar-refractivity contribution < 1.29 is 0 Å². The highest BCUT2D eigenvalue weighted by atomic mass is 32.1. The normalized spacial score (nSPS) is 19.8. The van der Waals surface area contributed by atoms with E-state index in [0.29, 0.717) is 11.5 Å². The standard InChI is InChI=1S/C17H29NS/c1-6-17(4,5)14-7-8-15-13(10-18-12(2)3)11-19-16(15)9-14/h11-12,14,18H,6-10H2,1-5H3. The van der Waals surface area contributed by atoms with Crippen molar-refractivity contribution in [2.45, 2.75) is 72.9 Å². The van der Waals surface area contributed by atoms with Crippen molar-refractivity contribution in [3.63, 3.8) is 0 Å². The molecule has 0 bridgehead atoms. The van der Waals surface area contributed by atoms with Crippen molar-refractivity contribution in [3.05, 3.63) is 21.4 Å². The van der Waals surface area contributed by atoms with E-state index in [2.05, 4.69) is 45.3 Å². The third kappa shape index (κ3) is 3.41. The molecule has 0 spiro atoms. The van der Waals surface area contributed by atoms with Gasteiger partial charge in [-0.3, -0.25) is 0 Å². The molecule has 1 aromatic rings. The van der Waals surface area contributed by atoms with Gasteiger partial charge in [0.2, 0.25) is 0 Å². The van der Waals surface area contributed by atoms with Gasteiger partial charge in [0.1, 0.15) is 0 Å². The largest absolute Gasteiger partial charge is 0.310 e. The topological polar surface area (TPSA) is 12.0 Å². The first-order valence-electron chi connectivity index (χ1n) is 7.75. The minimum atomic E-state index is 0.498. The Bertz CT molecular complexity index is 417. The van der Waals surface area contributed by atoms with Gasteiger partial charge >= 0.3 is 0 Å². The SMILES string of the molecule is CCC(C)(C)C1CCc2c(CNC(C)C)csc2C1. The van der Waals surface area contributed by atoms with E-state index >= 15 is 0 Å². The van der Waals surface area contributed by atoms with Crippen molar-refractivity contribution >= 4 is 11.3 Å². The van der Waals surface area contributed by atoms with Gasteiger partial charge in [0.05, 0.1) is 0 Å². The van der Waals surface area contributed by atoms with Crippen LogP contribution in [-0.4, -0.2) is 6.04 Å². The van der Waals surface area contributed by atoms with Crippen LogP contribution < -0.4 is 5.32 Å². The molecule has 0 saturated heterocycles. The summed E-state index contributed by atoms with van der Waals surface area (Å²) in [7, 11) is 0. The van der Waals surface area contributed by atoms with Crippen LogP contribution in [0.25, 0.3) is 0 Å². The molecular weight excluding hydrogens is 250 g/mol. The van der Waals surface area contributed by atoms with E-state index in [4.69, 9.17) is 0 Å².